The number of benzene rings is 2. The topological polar surface area (TPSA) is 29.1 Å². The molecule has 0 unspecified atom stereocenters. The molecule has 4 heteroatoms. The minimum Gasteiger partial charge on any atom is -0.322 e. The highest BCUT2D eigenvalue weighted by atomic mass is 79.9. The van der Waals surface area contributed by atoms with E-state index in [4.69, 9.17) is 18.0 Å². The van der Waals surface area contributed by atoms with Gasteiger partial charge in [0.05, 0.1) is 0 Å². The van der Waals surface area contributed by atoms with Gasteiger partial charge in [0.25, 0.3) is 5.91 Å². The van der Waals surface area contributed by atoms with Gasteiger partial charge in [0.15, 0.2) is 0 Å². The smallest absolute Gasteiger partial charge is 0.255 e. The Morgan fingerprint density at radius 3 is 2.74 bits per heavy atom. The molecule has 0 aliphatic heterocycles. The van der Waals surface area contributed by atoms with Gasteiger partial charge in [-0.3, -0.25) is 4.79 Å². The highest BCUT2D eigenvalue weighted by Gasteiger charge is 2.08. The van der Waals surface area contributed by atoms with Crippen LogP contribution in [0.2, 0.25) is 5.02 Å². The quantitative estimate of drug-likeness (QED) is 0.814. The highest BCUT2D eigenvalue weighted by molar-refractivity contribution is 9.10. The van der Waals surface area contributed by atoms with Crippen molar-refractivity contribution in [2.45, 2.75) is 0 Å². The highest BCUT2D eigenvalue weighted by Crippen LogP contribution is 2.20. The maximum absolute atomic E-state index is 12.1. The van der Waals surface area contributed by atoms with Crippen LogP contribution in [0.5, 0.6) is 0 Å². The first-order valence-electron chi connectivity index (χ1n) is 5.42. The average Bonchev–Trinajstić information content (AvgIpc) is 2.37. The van der Waals surface area contributed by atoms with Crippen LogP contribution < -0.4 is 5.32 Å². The van der Waals surface area contributed by atoms with Crippen molar-refractivity contribution in [3.05, 3.63) is 63.1 Å². The van der Waals surface area contributed by atoms with E-state index in [1.165, 1.54) is 0 Å². The zero-order valence-electron chi connectivity index (χ0n) is 9.78. The van der Waals surface area contributed by atoms with Crippen molar-refractivity contribution in [3.8, 4) is 12.3 Å². The van der Waals surface area contributed by atoms with Crippen LogP contribution in [0.4, 0.5) is 5.69 Å². The number of carbonyl (C=O) groups is 1. The molecule has 1 amide bonds. The van der Waals surface area contributed by atoms with E-state index in [0.29, 0.717) is 21.8 Å². The summed E-state index contributed by atoms with van der Waals surface area (Å²) in [6.07, 6.45) is 5.31. The van der Waals surface area contributed by atoms with E-state index in [-0.39, 0.29) is 5.91 Å². The molecular weight excluding hydrogens is 326 g/mol. The number of hydrogen-bond donors (Lipinski definition) is 1. The molecule has 2 aromatic carbocycles. The molecule has 1 N–H and O–H groups in total. The number of rotatable bonds is 2. The summed E-state index contributed by atoms with van der Waals surface area (Å²) in [5.74, 6) is 2.28. The molecule has 0 saturated carbocycles. The van der Waals surface area contributed by atoms with Crippen LogP contribution in [-0.2, 0) is 0 Å². The molecule has 0 aromatic heterocycles. The fraction of sp³-hybridized carbons (Fsp3) is 0. The maximum atomic E-state index is 12.1. The first kappa shape index (κ1) is 13.7. The van der Waals surface area contributed by atoms with Gasteiger partial charge in [0.1, 0.15) is 0 Å². The Hall–Kier alpha value is -1.76. The Kier molecular flexibility index (Phi) is 4.26. The summed E-state index contributed by atoms with van der Waals surface area (Å²) in [7, 11) is 0. The van der Waals surface area contributed by atoms with Gasteiger partial charge >= 0.3 is 0 Å². The Labute approximate surface area is 124 Å². The van der Waals surface area contributed by atoms with Gasteiger partial charge in [-0.2, -0.15) is 0 Å². The van der Waals surface area contributed by atoms with Crippen LogP contribution in [0.25, 0.3) is 0 Å². The van der Waals surface area contributed by atoms with Gasteiger partial charge in [-0.25, -0.2) is 0 Å². The predicted molar refractivity (Wildman–Crippen MR) is 81.5 cm³/mol. The van der Waals surface area contributed by atoms with Crippen LogP contribution in [0.3, 0.4) is 0 Å². The predicted octanol–water partition coefficient (Wildman–Crippen LogP) is 4.34. The SMILES string of the molecule is C#Cc1cccc(NC(=O)c2cc(Cl)cc(Br)c2)c1. The molecule has 0 heterocycles. The molecule has 0 aliphatic carbocycles. The molecule has 0 saturated heterocycles. The number of halogens is 2. The van der Waals surface area contributed by atoms with E-state index in [9.17, 15) is 4.79 Å². The second kappa shape index (κ2) is 5.92. The molecule has 2 rings (SSSR count). The lowest BCUT2D eigenvalue weighted by Crippen LogP contribution is -2.11. The largest absolute Gasteiger partial charge is 0.322 e. The number of anilines is 1. The normalized spacial score (nSPS) is 9.74. The average molecular weight is 335 g/mol. The van der Waals surface area contributed by atoms with Crippen molar-refractivity contribution in [2.24, 2.45) is 0 Å². The summed E-state index contributed by atoms with van der Waals surface area (Å²) >= 11 is 9.21. The summed E-state index contributed by atoms with van der Waals surface area (Å²) < 4.78 is 0.752. The lowest BCUT2D eigenvalue weighted by Gasteiger charge is -2.06. The molecular formula is C15H9BrClNO. The van der Waals surface area contributed by atoms with Crippen molar-refractivity contribution >= 4 is 39.1 Å². The second-order valence-electron chi connectivity index (χ2n) is 3.84. The number of terminal acetylenes is 1. The summed E-state index contributed by atoms with van der Waals surface area (Å²) in [6, 6.07) is 12.1. The lowest BCUT2D eigenvalue weighted by molar-refractivity contribution is 0.102. The minimum absolute atomic E-state index is 0.239. The monoisotopic (exact) mass is 333 g/mol. The van der Waals surface area contributed by atoms with Crippen LogP contribution in [0, 0.1) is 12.3 Å². The third kappa shape index (κ3) is 3.60. The molecule has 0 aliphatic rings. The zero-order valence-corrected chi connectivity index (χ0v) is 12.1. The molecule has 0 spiro atoms. The van der Waals surface area contributed by atoms with Gasteiger partial charge in [0, 0.05) is 26.3 Å². The number of amides is 1. The van der Waals surface area contributed by atoms with Gasteiger partial charge < -0.3 is 5.32 Å². The van der Waals surface area contributed by atoms with Crippen LogP contribution in [-0.4, -0.2) is 5.91 Å². The fourth-order valence-corrected chi connectivity index (χ4v) is 2.44. The van der Waals surface area contributed by atoms with Crippen molar-refractivity contribution < 1.29 is 4.79 Å². The van der Waals surface area contributed by atoms with Crippen molar-refractivity contribution in [1.29, 1.82) is 0 Å². The molecule has 0 radical (unpaired) electrons. The molecule has 0 atom stereocenters. The van der Waals surface area contributed by atoms with Gasteiger partial charge in [0.2, 0.25) is 0 Å². The number of hydrogen-bond acceptors (Lipinski definition) is 1. The summed E-state index contributed by atoms with van der Waals surface area (Å²) in [6.45, 7) is 0. The van der Waals surface area contributed by atoms with E-state index in [2.05, 4.69) is 27.2 Å². The summed E-state index contributed by atoms with van der Waals surface area (Å²) in [5, 5.41) is 3.27. The second-order valence-corrected chi connectivity index (χ2v) is 5.19. The maximum Gasteiger partial charge on any atom is 0.255 e. The van der Waals surface area contributed by atoms with Crippen LogP contribution >= 0.6 is 27.5 Å². The minimum atomic E-state index is -0.239. The first-order chi connectivity index (χ1) is 9.08. The van der Waals surface area contributed by atoms with Crippen molar-refractivity contribution in [2.75, 3.05) is 5.32 Å². The Morgan fingerprint density at radius 1 is 1.26 bits per heavy atom. The number of nitrogens with one attached hydrogen (secondary N) is 1. The van der Waals surface area contributed by atoms with Gasteiger partial charge in [-0.15, -0.1) is 6.42 Å². The van der Waals surface area contributed by atoms with E-state index < -0.39 is 0 Å². The van der Waals surface area contributed by atoms with Crippen molar-refractivity contribution in [1.82, 2.24) is 0 Å². The standard InChI is InChI=1S/C15H9BrClNO/c1-2-10-4-3-5-14(6-10)18-15(19)11-7-12(16)9-13(17)8-11/h1,3-9H,(H,18,19). The molecule has 2 nitrogen and oxygen atoms in total. The Bertz CT molecular complexity index is 656. The van der Waals surface area contributed by atoms with E-state index >= 15 is 0 Å². The summed E-state index contributed by atoms with van der Waals surface area (Å²) in [5.41, 5.74) is 1.84. The summed E-state index contributed by atoms with van der Waals surface area (Å²) in [4.78, 5) is 12.1. The third-order valence-electron chi connectivity index (χ3n) is 2.41. The Morgan fingerprint density at radius 2 is 2.05 bits per heavy atom. The van der Waals surface area contributed by atoms with E-state index in [1.807, 2.05) is 0 Å². The molecule has 0 bridgehead atoms. The van der Waals surface area contributed by atoms with Crippen molar-refractivity contribution in [3.63, 3.8) is 0 Å². The lowest BCUT2D eigenvalue weighted by atomic mass is 10.2. The van der Waals surface area contributed by atoms with E-state index in [1.54, 1.807) is 42.5 Å². The molecule has 2 aromatic rings. The van der Waals surface area contributed by atoms with Crippen LogP contribution in [0.15, 0.2) is 46.9 Å². The molecule has 19 heavy (non-hydrogen) atoms. The molecule has 0 fully saturated rings. The number of carbonyl (C=O) groups excluding carboxylic acids is 1. The fourth-order valence-electron chi connectivity index (χ4n) is 1.57. The van der Waals surface area contributed by atoms with Gasteiger partial charge in [-0.1, -0.05) is 39.5 Å². The van der Waals surface area contributed by atoms with Gasteiger partial charge in [-0.05, 0) is 36.4 Å². The van der Waals surface area contributed by atoms with E-state index in [0.717, 1.165) is 4.47 Å². The van der Waals surface area contributed by atoms with Crippen LogP contribution in [0.1, 0.15) is 15.9 Å². The first-order valence-corrected chi connectivity index (χ1v) is 6.60. The third-order valence-corrected chi connectivity index (χ3v) is 3.09. The zero-order chi connectivity index (χ0) is 13.8. The molecule has 94 valence electrons. The Balaban J connectivity index is 2.23.